The van der Waals surface area contributed by atoms with Crippen molar-refractivity contribution >= 4 is 0 Å². The second-order valence-electron chi connectivity index (χ2n) is 7.37. The van der Waals surface area contributed by atoms with Crippen molar-refractivity contribution in [2.45, 2.75) is 71.8 Å². The van der Waals surface area contributed by atoms with Crippen molar-refractivity contribution in [3.63, 3.8) is 0 Å². The molecule has 1 heterocycles. The van der Waals surface area contributed by atoms with Gasteiger partial charge in [-0.2, -0.15) is 0 Å². The molecule has 0 aromatic carbocycles. The molecule has 1 aliphatic carbocycles. The van der Waals surface area contributed by atoms with Crippen LogP contribution in [-0.4, -0.2) is 37.1 Å². The summed E-state index contributed by atoms with van der Waals surface area (Å²) in [7, 11) is 0. The minimum Gasteiger partial charge on any atom is -0.317 e. The second kappa shape index (κ2) is 7.08. The molecule has 2 rings (SSSR count). The maximum atomic E-state index is 3.54. The predicted octanol–water partition coefficient (Wildman–Crippen LogP) is 3.67. The summed E-state index contributed by atoms with van der Waals surface area (Å²) >= 11 is 0. The summed E-state index contributed by atoms with van der Waals surface area (Å²) in [5.41, 5.74) is 0.600. The van der Waals surface area contributed by atoms with E-state index < -0.39 is 0 Å². The third-order valence-electron chi connectivity index (χ3n) is 5.39. The van der Waals surface area contributed by atoms with Gasteiger partial charge in [-0.25, -0.2) is 0 Å². The quantitative estimate of drug-likeness (QED) is 0.789. The first-order valence-corrected chi connectivity index (χ1v) is 8.60. The standard InChI is InChI=1S/C17H34N2/c1-4-17(9-11-18-12-10-17)14-19(13-15(2)3)16-7-5-6-8-16/h15-16,18H,4-14H2,1-3H3. The number of rotatable bonds is 6. The molecular weight excluding hydrogens is 232 g/mol. The lowest BCUT2D eigenvalue weighted by Crippen LogP contribution is -2.48. The summed E-state index contributed by atoms with van der Waals surface area (Å²) in [6, 6.07) is 0.890. The molecule has 0 aromatic heterocycles. The number of hydrogen-bond acceptors (Lipinski definition) is 2. The monoisotopic (exact) mass is 266 g/mol. The molecule has 2 aliphatic rings. The van der Waals surface area contributed by atoms with Gasteiger partial charge in [-0.1, -0.05) is 33.6 Å². The van der Waals surface area contributed by atoms with E-state index in [9.17, 15) is 0 Å². The Balaban J connectivity index is 2.00. The van der Waals surface area contributed by atoms with Crippen molar-refractivity contribution in [2.75, 3.05) is 26.2 Å². The molecule has 1 saturated heterocycles. The van der Waals surface area contributed by atoms with E-state index in [4.69, 9.17) is 0 Å². The Morgan fingerprint density at radius 2 is 1.79 bits per heavy atom. The topological polar surface area (TPSA) is 15.3 Å². The Kier molecular flexibility index (Phi) is 5.70. The van der Waals surface area contributed by atoms with E-state index in [0.29, 0.717) is 5.41 Å². The van der Waals surface area contributed by atoms with E-state index in [1.807, 2.05) is 0 Å². The van der Waals surface area contributed by atoms with Crippen molar-refractivity contribution in [1.82, 2.24) is 10.2 Å². The summed E-state index contributed by atoms with van der Waals surface area (Å²) in [5, 5.41) is 3.54. The van der Waals surface area contributed by atoms with Crippen LogP contribution in [0.1, 0.15) is 65.7 Å². The largest absolute Gasteiger partial charge is 0.317 e. The predicted molar refractivity (Wildman–Crippen MR) is 83.5 cm³/mol. The highest BCUT2D eigenvalue weighted by atomic mass is 15.2. The normalized spacial score (nSPS) is 24.5. The molecule has 112 valence electrons. The van der Waals surface area contributed by atoms with Crippen molar-refractivity contribution in [2.24, 2.45) is 11.3 Å². The summed E-state index contributed by atoms with van der Waals surface area (Å²) in [4.78, 5) is 2.87. The fraction of sp³-hybridized carbons (Fsp3) is 1.00. The van der Waals surface area contributed by atoms with Gasteiger partial charge in [0.2, 0.25) is 0 Å². The first-order valence-electron chi connectivity index (χ1n) is 8.60. The van der Waals surface area contributed by atoms with Gasteiger partial charge in [0, 0.05) is 19.1 Å². The molecular formula is C17H34N2. The number of nitrogens with one attached hydrogen (secondary N) is 1. The van der Waals surface area contributed by atoms with E-state index in [1.54, 1.807) is 0 Å². The molecule has 1 saturated carbocycles. The maximum absolute atomic E-state index is 3.54. The first-order chi connectivity index (χ1) is 9.15. The second-order valence-corrected chi connectivity index (χ2v) is 7.37. The third kappa shape index (κ3) is 4.19. The van der Waals surface area contributed by atoms with Gasteiger partial charge in [0.25, 0.3) is 0 Å². The molecule has 2 heteroatoms. The Hall–Kier alpha value is -0.0800. The third-order valence-corrected chi connectivity index (χ3v) is 5.39. The lowest BCUT2D eigenvalue weighted by molar-refractivity contribution is 0.0697. The molecule has 0 atom stereocenters. The number of piperidine rings is 1. The first kappa shape index (κ1) is 15.3. The minimum absolute atomic E-state index is 0.600. The molecule has 19 heavy (non-hydrogen) atoms. The summed E-state index contributed by atoms with van der Waals surface area (Å²) in [6.45, 7) is 12.3. The van der Waals surface area contributed by atoms with Gasteiger partial charge in [0.05, 0.1) is 0 Å². The van der Waals surface area contributed by atoms with Crippen molar-refractivity contribution in [3.8, 4) is 0 Å². The Morgan fingerprint density at radius 1 is 1.16 bits per heavy atom. The van der Waals surface area contributed by atoms with Gasteiger partial charge in [-0.05, 0) is 56.5 Å². The molecule has 1 aliphatic heterocycles. The van der Waals surface area contributed by atoms with Gasteiger partial charge in [0.15, 0.2) is 0 Å². The fourth-order valence-electron chi connectivity index (χ4n) is 4.09. The molecule has 0 amide bonds. The van der Waals surface area contributed by atoms with E-state index in [-0.39, 0.29) is 0 Å². The van der Waals surface area contributed by atoms with Crippen LogP contribution in [0.4, 0.5) is 0 Å². The smallest absolute Gasteiger partial charge is 0.00956 e. The lowest BCUT2D eigenvalue weighted by atomic mass is 9.76. The average Bonchev–Trinajstić information content (AvgIpc) is 2.92. The molecule has 0 radical (unpaired) electrons. The number of nitrogens with zero attached hydrogens (tertiary/aromatic N) is 1. The van der Waals surface area contributed by atoms with Crippen LogP contribution in [0, 0.1) is 11.3 Å². The fourth-order valence-corrected chi connectivity index (χ4v) is 4.09. The van der Waals surface area contributed by atoms with Crippen LogP contribution < -0.4 is 5.32 Å². The molecule has 1 N–H and O–H groups in total. The zero-order valence-electron chi connectivity index (χ0n) is 13.4. The van der Waals surface area contributed by atoms with Crippen LogP contribution in [-0.2, 0) is 0 Å². The minimum atomic E-state index is 0.600. The van der Waals surface area contributed by atoms with E-state index in [0.717, 1.165) is 12.0 Å². The molecule has 2 fully saturated rings. The summed E-state index contributed by atoms with van der Waals surface area (Å²) < 4.78 is 0. The number of hydrogen-bond donors (Lipinski definition) is 1. The van der Waals surface area contributed by atoms with E-state index in [2.05, 4.69) is 31.0 Å². The van der Waals surface area contributed by atoms with Gasteiger partial charge >= 0.3 is 0 Å². The van der Waals surface area contributed by atoms with Crippen LogP contribution in [0.5, 0.6) is 0 Å². The van der Waals surface area contributed by atoms with Crippen LogP contribution in [0.3, 0.4) is 0 Å². The van der Waals surface area contributed by atoms with Gasteiger partial charge in [0.1, 0.15) is 0 Å². The molecule has 0 aromatic rings. The van der Waals surface area contributed by atoms with Crippen LogP contribution in [0.25, 0.3) is 0 Å². The average molecular weight is 266 g/mol. The van der Waals surface area contributed by atoms with Crippen molar-refractivity contribution in [3.05, 3.63) is 0 Å². The SMILES string of the molecule is CCC1(CN(CC(C)C)C2CCCC2)CCNCC1. The zero-order chi connectivity index (χ0) is 13.7. The Morgan fingerprint density at radius 3 is 2.32 bits per heavy atom. The summed E-state index contributed by atoms with van der Waals surface area (Å²) in [6.07, 6.45) is 9.93. The van der Waals surface area contributed by atoms with Gasteiger partial charge in [-0.3, -0.25) is 4.90 Å². The van der Waals surface area contributed by atoms with E-state index >= 15 is 0 Å². The van der Waals surface area contributed by atoms with Crippen molar-refractivity contribution < 1.29 is 0 Å². The van der Waals surface area contributed by atoms with Gasteiger partial charge < -0.3 is 5.32 Å². The molecule has 0 spiro atoms. The summed E-state index contributed by atoms with van der Waals surface area (Å²) in [5.74, 6) is 0.802. The molecule has 0 unspecified atom stereocenters. The highest BCUT2D eigenvalue weighted by Gasteiger charge is 2.35. The maximum Gasteiger partial charge on any atom is 0.00956 e. The van der Waals surface area contributed by atoms with E-state index in [1.165, 1.54) is 71.1 Å². The Bertz CT molecular complexity index is 250. The molecule has 2 nitrogen and oxygen atoms in total. The zero-order valence-corrected chi connectivity index (χ0v) is 13.4. The van der Waals surface area contributed by atoms with Gasteiger partial charge in [-0.15, -0.1) is 0 Å². The lowest BCUT2D eigenvalue weighted by Gasteiger charge is -2.43. The van der Waals surface area contributed by atoms with Crippen LogP contribution in [0.15, 0.2) is 0 Å². The Labute approximate surface area is 120 Å². The van der Waals surface area contributed by atoms with Crippen molar-refractivity contribution in [1.29, 1.82) is 0 Å². The molecule has 0 bridgehead atoms. The van der Waals surface area contributed by atoms with Crippen LogP contribution >= 0.6 is 0 Å². The van der Waals surface area contributed by atoms with Crippen LogP contribution in [0.2, 0.25) is 0 Å². The highest BCUT2D eigenvalue weighted by Crippen LogP contribution is 2.36. The highest BCUT2D eigenvalue weighted by molar-refractivity contribution is 4.89.